The molecule has 0 radical (unpaired) electrons. The minimum Gasteiger partial charge on any atom is -0.0653 e. The zero-order chi connectivity index (χ0) is 20.2. The van der Waals surface area contributed by atoms with Crippen molar-refractivity contribution in [3.63, 3.8) is 0 Å². The van der Waals surface area contributed by atoms with Gasteiger partial charge < -0.3 is 0 Å². The maximum Gasteiger partial charge on any atom is 0.108 e. The summed E-state index contributed by atoms with van der Waals surface area (Å²) in [5, 5.41) is 2.15. The van der Waals surface area contributed by atoms with Gasteiger partial charge in [-0.15, -0.1) is 0 Å². The Hall–Kier alpha value is -1.08. The summed E-state index contributed by atoms with van der Waals surface area (Å²) in [7, 11) is -2.03. The van der Waals surface area contributed by atoms with Crippen LogP contribution in [-0.4, -0.2) is 8.07 Å². The molecule has 0 amide bonds. The summed E-state index contributed by atoms with van der Waals surface area (Å²) in [6, 6.07) is 7.35. The van der Waals surface area contributed by atoms with Crippen molar-refractivity contribution in [3.8, 4) is 0 Å². The Balaban J connectivity index is 3.01. The molecule has 1 aliphatic carbocycles. The van der Waals surface area contributed by atoms with Crippen LogP contribution >= 0.6 is 0 Å². The van der Waals surface area contributed by atoms with E-state index in [1.807, 2.05) is 0 Å². The van der Waals surface area contributed by atoms with Crippen LogP contribution < -0.4 is 5.19 Å². The van der Waals surface area contributed by atoms with Crippen LogP contribution in [0.15, 0.2) is 40.5 Å². The number of allylic oxidation sites excluding steroid dienone is 4. The van der Waals surface area contributed by atoms with E-state index in [0.717, 1.165) is 0 Å². The number of benzene rings is 1. The molecule has 1 heteroatoms. The van der Waals surface area contributed by atoms with Crippen molar-refractivity contribution in [3.05, 3.63) is 51.6 Å². The van der Waals surface area contributed by atoms with Crippen LogP contribution in [0.4, 0.5) is 0 Å². The molecule has 1 aliphatic rings. The molecule has 0 N–H and O–H groups in total. The highest BCUT2D eigenvalue weighted by Crippen LogP contribution is 2.62. The lowest BCUT2D eigenvalue weighted by atomic mass is 10.1. The Morgan fingerprint density at radius 3 is 1.27 bits per heavy atom. The third kappa shape index (κ3) is 2.97. The maximum atomic E-state index is 2.51. The monoisotopic (exact) mass is 368 g/mol. The fourth-order valence-corrected chi connectivity index (χ4v) is 14.9. The van der Waals surface area contributed by atoms with Gasteiger partial charge in [-0.3, -0.25) is 0 Å². The highest BCUT2D eigenvalue weighted by atomic mass is 28.3. The molecular formula is C25H40Si. The molecule has 0 spiro atoms. The Kier molecular flexibility index (Phi) is 5.32. The molecule has 26 heavy (non-hydrogen) atoms. The summed E-state index contributed by atoms with van der Waals surface area (Å²) in [5.41, 5.74) is 9.69. The second-order valence-electron chi connectivity index (χ2n) is 10.7. The molecule has 0 saturated carbocycles. The van der Waals surface area contributed by atoms with E-state index in [9.17, 15) is 0 Å². The van der Waals surface area contributed by atoms with Gasteiger partial charge in [-0.2, -0.15) is 0 Å². The summed E-state index contributed by atoms with van der Waals surface area (Å²) in [4.78, 5) is 0. The van der Waals surface area contributed by atoms with Crippen molar-refractivity contribution in [1.29, 1.82) is 0 Å². The van der Waals surface area contributed by atoms with E-state index in [4.69, 9.17) is 0 Å². The lowest BCUT2D eigenvalue weighted by molar-refractivity contribution is 0.608. The summed E-state index contributed by atoms with van der Waals surface area (Å²) >= 11 is 0. The SMILES string of the molecule is CC1=C(C)C([Si](c2cc(C)cc(C)c2)(C(C)(C)C)C(C)(C)C)C(C)=C1C. The second kappa shape index (κ2) is 6.51. The van der Waals surface area contributed by atoms with Crippen LogP contribution in [0.2, 0.25) is 15.6 Å². The highest BCUT2D eigenvalue weighted by molar-refractivity contribution is 6.98. The third-order valence-electron chi connectivity index (χ3n) is 7.09. The van der Waals surface area contributed by atoms with Crippen molar-refractivity contribution in [2.24, 2.45) is 0 Å². The molecule has 0 nitrogen and oxygen atoms in total. The van der Waals surface area contributed by atoms with Gasteiger partial charge in [-0.25, -0.2) is 0 Å². The molecule has 0 unspecified atom stereocenters. The molecule has 0 saturated heterocycles. The average molecular weight is 369 g/mol. The Labute approximate surface area is 163 Å². The van der Waals surface area contributed by atoms with E-state index in [1.165, 1.54) is 22.3 Å². The summed E-state index contributed by atoms with van der Waals surface area (Å²) < 4.78 is 0. The van der Waals surface area contributed by atoms with Gasteiger partial charge in [0.05, 0.1) is 0 Å². The first-order valence-corrected chi connectivity index (χ1v) is 12.2. The molecule has 144 valence electrons. The van der Waals surface area contributed by atoms with Crippen molar-refractivity contribution in [2.45, 2.75) is 98.7 Å². The van der Waals surface area contributed by atoms with E-state index in [-0.39, 0.29) is 10.1 Å². The number of rotatable bonds is 2. The number of hydrogen-bond donors (Lipinski definition) is 0. The quantitative estimate of drug-likeness (QED) is 0.471. The summed E-state index contributed by atoms with van der Waals surface area (Å²) in [5.74, 6) is 0. The fourth-order valence-electron chi connectivity index (χ4n) is 6.22. The fraction of sp³-hybridized carbons (Fsp3) is 0.600. The van der Waals surface area contributed by atoms with Gasteiger partial charge in [0.15, 0.2) is 0 Å². The van der Waals surface area contributed by atoms with Crippen molar-refractivity contribution < 1.29 is 0 Å². The van der Waals surface area contributed by atoms with Gasteiger partial charge in [0.2, 0.25) is 0 Å². The number of hydrogen-bond acceptors (Lipinski definition) is 0. The van der Waals surface area contributed by atoms with Gasteiger partial charge in [-0.1, -0.05) is 87.2 Å². The van der Waals surface area contributed by atoms with E-state index < -0.39 is 8.07 Å². The largest absolute Gasteiger partial charge is 0.108 e. The minimum atomic E-state index is -2.03. The third-order valence-corrected chi connectivity index (χ3v) is 14.8. The predicted octanol–water partition coefficient (Wildman–Crippen LogP) is 7.62. The van der Waals surface area contributed by atoms with Gasteiger partial charge in [0.1, 0.15) is 8.07 Å². The zero-order valence-corrected chi connectivity index (χ0v) is 20.3. The van der Waals surface area contributed by atoms with Crippen molar-refractivity contribution in [1.82, 2.24) is 0 Å². The van der Waals surface area contributed by atoms with E-state index in [1.54, 1.807) is 16.3 Å². The lowest BCUT2D eigenvalue weighted by Gasteiger charge is -2.57. The molecule has 0 fully saturated rings. The van der Waals surface area contributed by atoms with Crippen LogP contribution in [0.25, 0.3) is 0 Å². The normalized spacial score (nSPS) is 17.5. The van der Waals surface area contributed by atoms with E-state index in [0.29, 0.717) is 5.54 Å². The molecule has 1 aromatic carbocycles. The molecule has 2 rings (SSSR count). The molecule has 1 aromatic rings. The standard InChI is InChI=1S/C25H40Si/c1-16-13-17(2)15-22(14-16)26(24(7,8)9,25(10,11)12)23-20(5)18(3)19(4)21(23)6/h13-15,23H,1-12H3. The Morgan fingerprint density at radius 2 is 0.962 bits per heavy atom. The Morgan fingerprint density at radius 1 is 0.615 bits per heavy atom. The first kappa shape index (κ1) is 21.2. The van der Waals surface area contributed by atoms with Crippen LogP contribution in [0, 0.1) is 13.8 Å². The summed E-state index contributed by atoms with van der Waals surface area (Å²) in [6.07, 6.45) is 0. The molecular weight excluding hydrogens is 328 g/mol. The second-order valence-corrected chi connectivity index (χ2v) is 16.5. The lowest BCUT2D eigenvalue weighted by Crippen LogP contribution is -2.64. The van der Waals surface area contributed by atoms with Gasteiger partial charge in [0, 0.05) is 5.54 Å². The van der Waals surface area contributed by atoms with Gasteiger partial charge in [0.25, 0.3) is 0 Å². The molecule has 0 bridgehead atoms. The van der Waals surface area contributed by atoms with E-state index in [2.05, 4.69) is 101 Å². The van der Waals surface area contributed by atoms with Crippen LogP contribution in [0.1, 0.15) is 80.4 Å². The zero-order valence-electron chi connectivity index (χ0n) is 19.3. The predicted molar refractivity (Wildman–Crippen MR) is 121 cm³/mol. The van der Waals surface area contributed by atoms with Gasteiger partial charge >= 0.3 is 0 Å². The van der Waals surface area contributed by atoms with Crippen molar-refractivity contribution in [2.75, 3.05) is 0 Å². The maximum absolute atomic E-state index is 2.51. The minimum absolute atomic E-state index is 0.254. The smallest absolute Gasteiger partial charge is 0.0653 e. The highest BCUT2D eigenvalue weighted by Gasteiger charge is 2.60. The molecule has 0 aromatic heterocycles. The number of aryl methyl sites for hydroxylation is 2. The average Bonchev–Trinajstić information content (AvgIpc) is 2.62. The van der Waals surface area contributed by atoms with Crippen molar-refractivity contribution >= 4 is 13.3 Å². The first-order valence-electron chi connectivity index (χ1n) is 10.1. The summed E-state index contributed by atoms with van der Waals surface area (Å²) in [6.45, 7) is 29.0. The van der Waals surface area contributed by atoms with E-state index >= 15 is 0 Å². The van der Waals surface area contributed by atoms with Crippen LogP contribution in [0.3, 0.4) is 0 Å². The topological polar surface area (TPSA) is 0 Å². The Bertz CT molecular complexity index is 717. The van der Waals surface area contributed by atoms with Crippen LogP contribution in [-0.2, 0) is 0 Å². The first-order chi connectivity index (χ1) is 11.7. The molecule has 0 aliphatic heterocycles. The molecule has 0 atom stereocenters. The van der Waals surface area contributed by atoms with Gasteiger partial charge in [-0.05, 0) is 62.8 Å². The van der Waals surface area contributed by atoms with Crippen LogP contribution in [0.5, 0.6) is 0 Å². The molecule has 0 heterocycles.